The van der Waals surface area contributed by atoms with Crippen LogP contribution >= 0.6 is 11.6 Å². The summed E-state index contributed by atoms with van der Waals surface area (Å²) in [7, 11) is -2.59. The van der Waals surface area contributed by atoms with E-state index in [-0.39, 0.29) is 27.9 Å². The molecule has 2 aliphatic rings. The molecule has 5 aromatic rings. The molecule has 1 N–H and O–H groups in total. The zero-order valence-electron chi connectivity index (χ0n) is 23.5. The van der Waals surface area contributed by atoms with Crippen LogP contribution in [0.4, 0.5) is 4.79 Å². The highest BCUT2D eigenvalue weighted by Gasteiger charge is 2.46. The minimum Gasteiger partial charge on any atom is -0.495 e. The number of hydrogen-bond acceptors (Lipinski definition) is 8. The number of carbonyl (C=O) groups is 1. The van der Waals surface area contributed by atoms with E-state index in [0.29, 0.717) is 64.6 Å². The molecule has 7 rings (SSSR count). The predicted octanol–water partition coefficient (Wildman–Crippen LogP) is 5.74. The summed E-state index contributed by atoms with van der Waals surface area (Å²) < 4.78 is 35.4. The van der Waals surface area contributed by atoms with Gasteiger partial charge in [0.05, 0.1) is 28.3 Å². The number of pyridine rings is 1. The molecule has 0 spiro atoms. The largest absolute Gasteiger partial charge is 0.495 e. The minimum absolute atomic E-state index is 0.0880. The number of carboxylic acid groups (broad SMARTS) is 1. The highest BCUT2D eigenvalue weighted by Crippen LogP contribution is 2.46. The summed E-state index contributed by atoms with van der Waals surface area (Å²) in [6.07, 6.45) is 4.67. The molecule has 0 aliphatic carbocycles. The van der Waals surface area contributed by atoms with Gasteiger partial charge in [0.1, 0.15) is 11.4 Å². The van der Waals surface area contributed by atoms with E-state index in [1.165, 1.54) is 24.1 Å². The van der Waals surface area contributed by atoms with Crippen molar-refractivity contribution in [1.82, 2.24) is 29.7 Å². The van der Waals surface area contributed by atoms with Gasteiger partial charge in [0.25, 0.3) is 0 Å². The lowest BCUT2D eigenvalue weighted by Gasteiger charge is -2.37. The Morgan fingerprint density at radius 3 is 2.34 bits per heavy atom. The normalized spacial score (nSPS) is 19.8. The molecule has 1 amide bonds. The van der Waals surface area contributed by atoms with Gasteiger partial charge in [0.15, 0.2) is 5.65 Å². The third kappa shape index (κ3) is 4.56. The van der Waals surface area contributed by atoms with E-state index in [0.717, 1.165) is 5.56 Å². The summed E-state index contributed by atoms with van der Waals surface area (Å²) in [5.41, 5.74) is 3.36. The average molecular weight is 631 g/mol. The molecular formula is C31H27ClN6O5S. The summed E-state index contributed by atoms with van der Waals surface area (Å²) in [5.74, 6) is 0.116. The fourth-order valence-electron chi connectivity index (χ4n) is 6.66. The molecule has 13 heteroatoms. The second kappa shape index (κ2) is 10.9. The summed E-state index contributed by atoms with van der Waals surface area (Å²) in [6, 6.07) is 16.6. The Bertz CT molecular complexity index is 1990. The highest BCUT2D eigenvalue weighted by atomic mass is 35.5. The molecule has 44 heavy (non-hydrogen) atoms. The molecule has 2 fully saturated rings. The maximum Gasteiger partial charge on any atom is 0.407 e. The third-order valence-corrected chi connectivity index (χ3v) is 10.6. The zero-order valence-corrected chi connectivity index (χ0v) is 25.1. The van der Waals surface area contributed by atoms with Gasteiger partial charge in [-0.15, -0.1) is 10.2 Å². The Morgan fingerprint density at radius 2 is 1.68 bits per heavy atom. The number of nitrogens with zero attached hydrogens (tertiary/aromatic N) is 6. The molecule has 2 bridgehead atoms. The number of methoxy groups -OCH3 is 1. The molecule has 0 radical (unpaired) electrons. The van der Waals surface area contributed by atoms with Gasteiger partial charge in [-0.3, -0.25) is 4.98 Å². The van der Waals surface area contributed by atoms with Crippen molar-refractivity contribution in [3.63, 3.8) is 0 Å². The van der Waals surface area contributed by atoms with E-state index in [1.54, 1.807) is 47.2 Å². The van der Waals surface area contributed by atoms with Crippen molar-refractivity contribution >= 4 is 33.2 Å². The lowest BCUT2D eigenvalue weighted by Crippen LogP contribution is -2.45. The summed E-state index contributed by atoms with van der Waals surface area (Å²) in [4.78, 5) is 17.8. The van der Waals surface area contributed by atoms with Gasteiger partial charge in [-0.1, -0.05) is 35.9 Å². The maximum absolute atomic E-state index is 14.2. The van der Waals surface area contributed by atoms with Crippen LogP contribution in [0.25, 0.3) is 28.0 Å². The molecule has 11 nitrogen and oxygen atoms in total. The van der Waals surface area contributed by atoms with Gasteiger partial charge in [0, 0.05) is 36.0 Å². The van der Waals surface area contributed by atoms with Crippen molar-refractivity contribution < 1.29 is 23.1 Å². The van der Waals surface area contributed by atoms with Crippen molar-refractivity contribution in [3.8, 4) is 28.1 Å². The quantitative estimate of drug-likeness (QED) is 0.249. The Hall–Kier alpha value is -4.55. The first kappa shape index (κ1) is 28.2. The molecule has 2 aliphatic heterocycles. The highest BCUT2D eigenvalue weighted by molar-refractivity contribution is 7.91. The predicted molar refractivity (Wildman–Crippen MR) is 162 cm³/mol. The Labute approximate surface area is 258 Å². The number of rotatable bonds is 6. The topological polar surface area (TPSA) is 140 Å². The molecule has 224 valence electrons. The second-order valence-electron chi connectivity index (χ2n) is 11.0. The summed E-state index contributed by atoms with van der Waals surface area (Å²) in [6.45, 7) is 0. The Morgan fingerprint density at radius 1 is 0.977 bits per heavy atom. The second-order valence-corrected chi connectivity index (χ2v) is 13.3. The van der Waals surface area contributed by atoms with Gasteiger partial charge in [-0.25, -0.2) is 17.7 Å². The van der Waals surface area contributed by atoms with Gasteiger partial charge in [-0.2, -0.15) is 5.10 Å². The lowest BCUT2D eigenvalue weighted by atomic mass is 9.88. The number of sulfone groups is 1. The molecule has 2 atom stereocenters. The Kier molecular flexibility index (Phi) is 6.97. The number of piperidine rings is 1. The number of benzene rings is 2. The monoisotopic (exact) mass is 630 g/mol. The molecular weight excluding hydrogens is 604 g/mol. The number of hydrogen-bond donors (Lipinski definition) is 1. The van der Waals surface area contributed by atoms with Crippen molar-refractivity contribution in [1.29, 1.82) is 0 Å². The van der Waals surface area contributed by atoms with Crippen LogP contribution in [-0.4, -0.2) is 68.5 Å². The Balaban J connectivity index is 1.52. The SMILES string of the molecule is COc1cc(-c2c(-c3ccncc3)nn3c(C4CC5CCC(C4)N5C(=O)O)c(S(=O)(=O)c4ccccc4)nnc23)ccc1Cl. The summed E-state index contributed by atoms with van der Waals surface area (Å²) in [5, 5.41) is 24.1. The van der Waals surface area contributed by atoms with Crippen LogP contribution in [-0.2, 0) is 9.84 Å². The molecule has 3 aromatic heterocycles. The first-order valence-corrected chi connectivity index (χ1v) is 16.0. The van der Waals surface area contributed by atoms with Crippen LogP contribution in [0.3, 0.4) is 0 Å². The number of halogens is 1. The number of ether oxygens (including phenoxy) is 1. The van der Waals surface area contributed by atoms with Gasteiger partial charge < -0.3 is 14.7 Å². The van der Waals surface area contributed by atoms with E-state index < -0.39 is 15.9 Å². The van der Waals surface area contributed by atoms with Crippen LogP contribution in [0.15, 0.2) is 83.0 Å². The lowest BCUT2D eigenvalue weighted by molar-refractivity contribution is 0.0953. The van der Waals surface area contributed by atoms with Crippen molar-refractivity contribution in [2.24, 2.45) is 0 Å². The van der Waals surface area contributed by atoms with E-state index in [2.05, 4.69) is 15.2 Å². The van der Waals surface area contributed by atoms with Gasteiger partial charge in [-0.05, 0) is 67.6 Å². The first-order chi connectivity index (χ1) is 21.3. The van der Waals surface area contributed by atoms with Crippen LogP contribution < -0.4 is 4.74 Å². The molecule has 5 heterocycles. The summed E-state index contributed by atoms with van der Waals surface area (Å²) >= 11 is 6.36. The fraction of sp³-hybridized carbons (Fsp3) is 0.258. The van der Waals surface area contributed by atoms with E-state index in [9.17, 15) is 18.3 Å². The van der Waals surface area contributed by atoms with E-state index >= 15 is 0 Å². The van der Waals surface area contributed by atoms with Crippen LogP contribution in [0, 0.1) is 0 Å². The maximum atomic E-state index is 14.2. The van der Waals surface area contributed by atoms with Crippen LogP contribution in [0.1, 0.15) is 37.3 Å². The third-order valence-electron chi connectivity index (χ3n) is 8.59. The van der Waals surface area contributed by atoms with E-state index in [4.69, 9.17) is 21.4 Å². The smallest absolute Gasteiger partial charge is 0.407 e. The standard InChI is InChI=1S/C31H27ClN6O5S/c1-43-25-17-19(7-10-24(25)32)26-27(18-11-13-33-14-12-18)36-38-28(20-15-21-8-9-22(16-20)37(21)31(39)40)30(35-34-29(26)38)44(41,42)23-5-3-2-4-6-23/h2-7,10-14,17,20-22H,8-9,15-16H2,1H3,(H,39,40). The number of amides is 1. The molecule has 0 saturated carbocycles. The zero-order chi connectivity index (χ0) is 30.6. The van der Waals surface area contributed by atoms with E-state index in [1.807, 2.05) is 18.2 Å². The van der Waals surface area contributed by atoms with Gasteiger partial charge in [0.2, 0.25) is 14.9 Å². The number of fused-ring (bicyclic) bond motifs is 3. The number of aromatic nitrogens is 5. The average Bonchev–Trinajstić information content (AvgIpc) is 3.56. The fourth-order valence-corrected chi connectivity index (χ4v) is 8.27. The molecule has 2 unspecified atom stereocenters. The first-order valence-electron chi connectivity index (χ1n) is 14.1. The minimum atomic E-state index is -4.12. The molecule has 2 saturated heterocycles. The van der Waals surface area contributed by atoms with Crippen LogP contribution in [0.2, 0.25) is 5.02 Å². The van der Waals surface area contributed by atoms with Crippen molar-refractivity contribution in [2.75, 3.05) is 7.11 Å². The molecule has 2 aromatic carbocycles. The van der Waals surface area contributed by atoms with Gasteiger partial charge >= 0.3 is 6.09 Å². The van der Waals surface area contributed by atoms with Crippen molar-refractivity contribution in [3.05, 3.63) is 83.8 Å². The van der Waals surface area contributed by atoms with Crippen LogP contribution in [0.5, 0.6) is 5.75 Å². The van der Waals surface area contributed by atoms with Crippen molar-refractivity contribution in [2.45, 2.75) is 53.6 Å².